The number of fused-ring (bicyclic) bond motifs is 3. The molecule has 136 valence electrons. The minimum absolute atomic E-state index is 0.0195. The Hall–Kier alpha value is -3.55. The van der Waals surface area contributed by atoms with Gasteiger partial charge in [0.05, 0.1) is 19.1 Å². The number of nitrogens with zero attached hydrogens (tertiary/aromatic N) is 2. The predicted octanol–water partition coefficient (Wildman–Crippen LogP) is 1.87. The average Bonchev–Trinajstić information content (AvgIpc) is 3.15. The molecule has 0 bridgehead atoms. The first-order valence-electron chi connectivity index (χ1n) is 8.35. The number of aromatic nitrogens is 2. The van der Waals surface area contributed by atoms with Crippen molar-refractivity contribution in [3.63, 3.8) is 0 Å². The van der Waals surface area contributed by atoms with Crippen molar-refractivity contribution in [3.8, 4) is 23.1 Å². The summed E-state index contributed by atoms with van der Waals surface area (Å²) in [5.74, 6) is 0.573. The van der Waals surface area contributed by atoms with Gasteiger partial charge in [0.15, 0.2) is 11.5 Å². The second-order valence-corrected chi connectivity index (χ2v) is 6.25. The Morgan fingerprint density at radius 1 is 1.22 bits per heavy atom. The van der Waals surface area contributed by atoms with Crippen LogP contribution in [0.3, 0.4) is 0 Å². The van der Waals surface area contributed by atoms with Crippen molar-refractivity contribution in [2.45, 2.75) is 12.3 Å². The number of pyridine rings is 1. The van der Waals surface area contributed by atoms with Gasteiger partial charge in [-0.15, -0.1) is 0 Å². The van der Waals surface area contributed by atoms with Crippen LogP contribution in [0.4, 0.5) is 0 Å². The van der Waals surface area contributed by atoms with Gasteiger partial charge in [0.1, 0.15) is 5.65 Å². The van der Waals surface area contributed by atoms with Gasteiger partial charge >= 0.3 is 5.97 Å². The molecule has 1 atom stereocenters. The highest BCUT2D eigenvalue weighted by Crippen LogP contribution is 2.46. The molecule has 0 amide bonds. The number of esters is 1. The fourth-order valence-electron chi connectivity index (χ4n) is 3.51. The molecule has 0 spiro atoms. The zero-order chi connectivity index (χ0) is 18.5. The Labute approximate surface area is 152 Å². The van der Waals surface area contributed by atoms with Crippen LogP contribution < -0.4 is 24.5 Å². The van der Waals surface area contributed by atoms with E-state index in [0.29, 0.717) is 34.0 Å². The lowest BCUT2D eigenvalue weighted by Gasteiger charge is -2.24. The van der Waals surface area contributed by atoms with E-state index in [1.807, 2.05) is 0 Å². The van der Waals surface area contributed by atoms with E-state index in [0.717, 1.165) is 0 Å². The number of carbonyl (C=O) groups excluding carboxylic acids is 1. The maximum Gasteiger partial charge on any atom is 0.313 e. The highest BCUT2D eigenvalue weighted by molar-refractivity contribution is 5.77. The molecule has 3 aromatic rings. The van der Waals surface area contributed by atoms with Crippen molar-refractivity contribution in [1.82, 2.24) is 9.38 Å². The van der Waals surface area contributed by atoms with Crippen molar-refractivity contribution >= 4 is 11.6 Å². The van der Waals surface area contributed by atoms with Gasteiger partial charge in [-0.2, -0.15) is 4.98 Å². The normalized spacial score (nSPS) is 17.5. The van der Waals surface area contributed by atoms with Crippen LogP contribution in [0.5, 0.6) is 23.1 Å². The minimum atomic E-state index is -0.526. The highest BCUT2D eigenvalue weighted by atomic mass is 16.7. The van der Waals surface area contributed by atoms with Crippen molar-refractivity contribution in [2.24, 2.45) is 0 Å². The lowest BCUT2D eigenvalue weighted by atomic mass is 9.87. The molecule has 5 rings (SSSR count). The van der Waals surface area contributed by atoms with Crippen molar-refractivity contribution < 1.29 is 23.7 Å². The van der Waals surface area contributed by atoms with Crippen molar-refractivity contribution in [3.05, 3.63) is 58.0 Å². The number of methoxy groups -OCH3 is 1. The smallest absolute Gasteiger partial charge is 0.313 e. The van der Waals surface area contributed by atoms with Gasteiger partial charge in [0, 0.05) is 12.1 Å². The fraction of sp³-hybridized carbons (Fsp3) is 0.211. The van der Waals surface area contributed by atoms with E-state index in [-0.39, 0.29) is 24.7 Å². The van der Waals surface area contributed by atoms with Crippen LogP contribution >= 0.6 is 0 Å². The van der Waals surface area contributed by atoms with Crippen LogP contribution in [0.2, 0.25) is 0 Å². The van der Waals surface area contributed by atoms with E-state index in [1.54, 1.807) is 36.5 Å². The van der Waals surface area contributed by atoms with Crippen LogP contribution in [-0.4, -0.2) is 29.3 Å². The maximum absolute atomic E-state index is 13.1. The summed E-state index contributed by atoms with van der Waals surface area (Å²) in [6.07, 6.45) is 1.66. The van der Waals surface area contributed by atoms with Crippen LogP contribution in [0.1, 0.15) is 23.5 Å². The first kappa shape index (κ1) is 15.7. The summed E-state index contributed by atoms with van der Waals surface area (Å²) in [5, 5.41) is 0. The van der Waals surface area contributed by atoms with Gasteiger partial charge in [0.2, 0.25) is 18.4 Å². The average molecular weight is 366 g/mol. The van der Waals surface area contributed by atoms with E-state index in [4.69, 9.17) is 18.9 Å². The van der Waals surface area contributed by atoms with Gasteiger partial charge in [-0.05, 0) is 29.8 Å². The maximum atomic E-state index is 13.1. The first-order valence-corrected chi connectivity index (χ1v) is 8.35. The van der Waals surface area contributed by atoms with Crippen molar-refractivity contribution in [2.75, 3.05) is 13.9 Å². The Balaban J connectivity index is 1.75. The van der Waals surface area contributed by atoms with E-state index in [9.17, 15) is 9.59 Å². The monoisotopic (exact) mass is 366 g/mol. The van der Waals surface area contributed by atoms with Gasteiger partial charge in [-0.3, -0.25) is 14.0 Å². The van der Waals surface area contributed by atoms with Crippen LogP contribution in [-0.2, 0) is 4.79 Å². The van der Waals surface area contributed by atoms with Gasteiger partial charge in [0.25, 0.3) is 5.56 Å². The molecule has 4 heterocycles. The SMILES string of the molecule is COc1cc([C@@H]2CC(=O)Oc3nc4ccccn4c(=O)c32)cc2c1OCO2. The third kappa shape index (κ3) is 2.33. The molecule has 0 N–H and O–H groups in total. The predicted molar refractivity (Wildman–Crippen MR) is 92.7 cm³/mol. The molecule has 27 heavy (non-hydrogen) atoms. The molecule has 0 unspecified atom stereocenters. The van der Waals surface area contributed by atoms with E-state index in [1.165, 1.54) is 11.5 Å². The molecular formula is C19H14N2O6. The summed E-state index contributed by atoms with van der Waals surface area (Å²) in [7, 11) is 1.52. The summed E-state index contributed by atoms with van der Waals surface area (Å²) in [4.78, 5) is 29.6. The Morgan fingerprint density at radius 2 is 2.11 bits per heavy atom. The summed E-state index contributed by atoms with van der Waals surface area (Å²) in [6, 6.07) is 8.70. The minimum Gasteiger partial charge on any atom is -0.493 e. The van der Waals surface area contributed by atoms with Gasteiger partial charge in [-0.25, -0.2) is 0 Å². The lowest BCUT2D eigenvalue weighted by Crippen LogP contribution is -2.31. The van der Waals surface area contributed by atoms with Crippen LogP contribution in [0, 0.1) is 0 Å². The molecule has 2 aromatic heterocycles. The number of benzene rings is 1. The molecule has 1 aromatic carbocycles. The van der Waals surface area contributed by atoms with Crippen LogP contribution in [0.25, 0.3) is 5.65 Å². The number of hydrogen-bond acceptors (Lipinski definition) is 7. The second kappa shape index (κ2) is 5.73. The van der Waals surface area contributed by atoms with E-state index >= 15 is 0 Å². The third-order valence-corrected chi connectivity index (χ3v) is 4.75. The molecular weight excluding hydrogens is 352 g/mol. The lowest BCUT2D eigenvalue weighted by molar-refractivity contribution is -0.135. The molecule has 2 aliphatic rings. The molecule has 0 saturated carbocycles. The molecule has 0 fully saturated rings. The summed E-state index contributed by atoms with van der Waals surface area (Å²) < 4.78 is 23.0. The Kier molecular flexibility index (Phi) is 3.33. The number of rotatable bonds is 2. The Bertz CT molecular complexity index is 1150. The molecule has 0 saturated heterocycles. The number of carbonyl (C=O) groups is 1. The Morgan fingerprint density at radius 3 is 2.96 bits per heavy atom. The molecule has 8 heteroatoms. The fourth-order valence-corrected chi connectivity index (χ4v) is 3.51. The third-order valence-electron chi connectivity index (χ3n) is 4.75. The topological polar surface area (TPSA) is 88.4 Å². The van der Waals surface area contributed by atoms with E-state index in [2.05, 4.69) is 4.98 Å². The van der Waals surface area contributed by atoms with E-state index < -0.39 is 11.9 Å². The summed E-state index contributed by atoms with van der Waals surface area (Å²) >= 11 is 0. The molecule has 2 aliphatic heterocycles. The van der Waals surface area contributed by atoms with Crippen LogP contribution in [0.15, 0.2) is 41.3 Å². The number of hydrogen-bond donors (Lipinski definition) is 0. The number of ether oxygens (including phenoxy) is 4. The van der Waals surface area contributed by atoms with Crippen molar-refractivity contribution in [1.29, 1.82) is 0 Å². The quantitative estimate of drug-likeness (QED) is 0.640. The summed E-state index contributed by atoms with van der Waals surface area (Å²) in [5.41, 5.74) is 1.17. The molecule has 0 aliphatic carbocycles. The molecule has 8 nitrogen and oxygen atoms in total. The largest absolute Gasteiger partial charge is 0.493 e. The standard InChI is InChI=1S/C19H14N2O6/c1-24-12-6-10(7-13-17(12)26-9-25-13)11-8-15(22)27-18-16(11)19(23)21-5-3-2-4-14(21)20-18/h2-7,11H,8-9H2,1H3/t11-/m0/s1. The van der Waals surface area contributed by atoms with Gasteiger partial charge < -0.3 is 18.9 Å². The molecule has 0 radical (unpaired) electrons. The van der Waals surface area contributed by atoms with Gasteiger partial charge in [-0.1, -0.05) is 6.07 Å². The summed E-state index contributed by atoms with van der Waals surface area (Å²) in [6.45, 7) is 0.0906. The second-order valence-electron chi connectivity index (χ2n) is 6.25. The highest BCUT2D eigenvalue weighted by Gasteiger charge is 2.35. The first-order chi connectivity index (χ1) is 13.2. The zero-order valence-corrected chi connectivity index (χ0v) is 14.3. The zero-order valence-electron chi connectivity index (χ0n) is 14.3.